The average Bonchev–Trinajstić information content (AvgIpc) is 3.03. The molecule has 0 saturated heterocycles. The second-order valence-electron chi connectivity index (χ2n) is 12.5. The SMILES string of the molecule is CC(C)CCCCC(C)C1CCC2[C@@H]3CC=C4C[C@@H](Cl)CC[C@]4(C)C3CC[C@]12C. The molecule has 0 bridgehead atoms. The average molecular weight is 419 g/mol. The fraction of sp³-hybridized carbons (Fsp3) is 0.929. The van der Waals surface area contributed by atoms with Crippen molar-refractivity contribution in [3.8, 4) is 0 Å². The maximum Gasteiger partial charge on any atom is 0.0373 e. The van der Waals surface area contributed by atoms with Gasteiger partial charge in [0.1, 0.15) is 0 Å². The molecule has 0 aromatic heterocycles. The minimum absolute atomic E-state index is 0.395. The molecule has 8 atom stereocenters. The van der Waals surface area contributed by atoms with E-state index < -0.39 is 0 Å². The maximum absolute atomic E-state index is 6.57. The largest absolute Gasteiger partial charge is 0.123 e. The first kappa shape index (κ1) is 22.2. The summed E-state index contributed by atoms with van der Waals surface area (Å²) in [5, 5.41) is 0.395. The van der Waals surface area contributed by atoms with Crippen LogP contribution in [0.3, 0.4) is 0 Å². The van der Waals surface area contributed by atoms with Gasteiger partial charge in [0.05, 0.1) is 0 Å². The zero-order chi connectivity index (χ0) is 20.8. The Kier molecular flexibility index (Phi) is 6.53. The van der Waals surface area contributed by atoms with E-state index in [4.69, 9.17) is 11.6 Å². The summed E-state index contributed by atoms with van der Waals surface area (Å²) in [7, 11) is 0. The van der Waals surface area contributed by atoms with E-state index in [1.54, 1.807) is 5.57 Å². The third-order valence-electron chi connectivity index (χ3n) is 10.5. The highest BCUT2D eigenvalue weighted by Crippen LogP contribution is 2.67. The monoisotopic (exact) mass is 418 g/mol. The Labute approximate surface area is 186 Å². The highest BCUT2D eigenvalue weighted by atomic mass is 35.5. The van der Waals surface area contributed by atoms with Gasteiger partial charge in [-0.3, -0.25) is 0 Å². The van der Waals surface area contributed by atoms with Crippen molar-refractivity contribution in [2.45, 2.75) is 117 Å². The Bertz CT molecular complexity index is 605. The van der Waals surface area contributed by atoms with E-state index in [1.807, 2.05) is 0 Å². The van der Waals surface area contributed by atoms with Gasteiger partial charge in [0, 0.05) is 5.38 Å². The van der Waals surface area contributed by atoms with Crippen molar-refractivity contribution in [1.82, 2.24) is 0 Å². The van der Waals surface area contributed by atoms with Crippen LogP contribution >= 0.6 is 11.6 Å². The lowest BCUT2D eigenvalue weighted by Gasteiger charge is -2.58. The molecule has 166 valence electrons. The molecule has 0 aliphatic heterocycles. The van der Waals surface area contributed by atoms with Gasteiger partial charge in [0.15, 0.2) is 0 Å². The smallest absolute Gasteiger partial charge is 0.0373 e. The second kappa shape index (κ2) is 8.52. The number of alkyl halides is 1. The van der Waals surface area contributed by atoms with Crippen LogP contribution < -0.4 is 0 Å². The van der Waals surface area contributed by atoms with E-state index in [1.165, 1.54) is 77.0 Å². The molecule has 4 rings (SSSR count). The van der Waals surface area contributed by atoms with Crippen molar-refractivity contribution < 1.29 is 0 Å². The molecule has 4 aliphatic rings. The van der Waals surface area contributed by atoms with Crippen LogP contribution in [0.1, 0.15) is 112 Å². The van der Waals surface area contributed by atoms with Gasteiger partial charge in [-0.25, -0.2) is 0 Å². The number of hydrogen-bond donors (Lipinski definition) is 0. The number of halogens is 1. The van der Waals surface area contributed by atoms with Gasteiger partial charge >= 0.3 is 0 Å². The van der Waals surface area contributed by atoms with Gasteiger partial charge in [-0.15, -0.1) is 11.6 Å². The van der Waals surface area contributed by atoms with E-state index in [0.717, 1.165) is 35.5 Å². The highest BCUT2D eigenvalue weighted by Gasteiger charge is 2.58. The summed E-state index contributed by atoms with van der Waals surface area (Å²) in [6.45, 7) is 12.7. The van der Waals surface area contributed by atoms with Crippen LogP contribution in [0.15, 0.2) is 11.6 Å². The first-order valence-electron chi connectivity index (χ1n) is 13.1. The summed E-state index contributed by atoms with van der Waals surface area (Å²) in [4.78, 5) is 0. The third kappa shape index (κ3) is 3.99. The fourth-order valence-corrected chi connectivity index (χ4v) is 9.09. The van der Waals surface area contributed by atoms with Crippen LogP contribution in [0.2, 0.25) is 0 Å². The van der Waals surface area contributed by atoms with Crippen LogP contribution in [0.4, 0.5) is 0 Å². The van der Waals surface area contributed by atoms with Crippen molar-refractivity contribution in [3.05, 3.63) is 11.6 Å². The molecule has 3 saturated carbocycles. The highest BCUT2D eigenvalue weighted by molar-refractivity contribution is 6.20. The van der Waals surface area contributed by atoms with E-state index in [0.29, 0.717) is 16.2 Å². The van der Waals surface area contributed by atoms with Crippen LogP contribution in [-0.2, 0) is 0 Å². The summed E-state index contributed by atoms with van der Waals surface area (Å²) >= 11 is 6.57. The summed E-state index contributed by atoms with van der Waals surface area (Å²) in [6, 6.07) is 0. The molecule has 0 radical (unpaired) electrons. The number of rotatable bonds is 6. The quantitative estimate of drug-likeness (QED) is 0.229. The lowest BCUT2D eigenvalue weighted by Crippen LogP contribution is -2.50. The third-order valence-corrected chi connectivity index (χ3v) is 10.9. The number of unbranched alkanes of at least 4 members (excludes halogenated alkanes) is 1. The normalized spacial score (nSPS) is 45.3. The van der Waals surface area contributed by atoms with Gasteiger partial charge in [-0.1, -0.05) is 72.0 Å². The van der Waals surface area contributed by atoms with Crippen molar-refractivity contribution in [3.63, 3.8) is 0 Å². The van der Waals surface area contributed by atoms with Crippen molar-refractivity contribution in [2.24, 2.45) is 46.3 Å². The molecule has 0 aromatic rings. The number of allylic oxidation sites excluding steroid dienone is 2. The van der Waals surface area contributed by atoms with E-state index in [9.17, 15) is 0 Å². The Morgan fingerprint density at radius 1 is 0.966 bits per heavy atom. The first-order valence-corrected chi connectivity index (χ1v) is 13.5. The second-order valence-corrected chi connectivity index (χ2v) is 13.1. The zero-order valence-corrected chi connectivity index (χ0v) is 20.7. The molecule has 0 heterocycles. The van der Waals surface area contributed by atoms with Gasteiger partial charge in [0.2, 0.25) is 0 Å². The van der Waals surface area contributed by atoms with E-state index >= 15 is 0 Å². The maximum atomic E-state index is 6.57. The van der Waals surface area contributed by atoms with Crippen molar-refractivity contribution in [1.29, 1.82) is 0 Å². The summed E-state index contributed by atoms with van der Waals surface area (Å²) in [5.41, 5.74) is 2.82. The molecule has 29 heavy (non-hydrogen) atoms. The molecule has 1 heteroatoms. The Hall–Kier alpha value is 0.0300. The zero-order valence-electron chi connectivity index (χ0n) is 20.0. The topological polar surface area (TPSA) is 0 Å². The Morgan fingerprint density at radius 3 is 2.48 bits per heavy atom. The Morgan fingerprint density at radius 2 is 1.72 bits per heavy atom. The molecule has 4 aliphatic carbocycles. The summed E-state index contributed by atoms with van der Waals surface area (Å²) in [6.07, 6.45) is 19.5. The number of fused-ring (bicyclic) bond motifs is 5. The predicted octanol–water partition coefficient (Wildman–Crippen LogP) is 9.03. The van der Waals surface area contributed by atoms with Crippen molar-refractivity contribution in [2.75, 3.05) is 0 Å². The fourth-order valence-electron chi connectivity index (χ4n) is 8.81. The van der Waals surface area contributed by atoms with Crippen LogP contribution in [0.25, 0.3) is 0 Å². The van der Waals surface area contributed by atoms with Crippen molar-refractivity contribution >= 4 is 11.6 Å². The molecule has 0 N–H and O–H groups in total. The van der Waals surface area contributed by atoms with Gasteiger partial charge in [0.25, 0.3) is 0 Å². The van der Waals surface area contributed by atoms with Crippen LogP contribution in [-0.4, -0.2) is 5.38 Å². The molecular formula is C28H47Cl. The molecule has 0 spiro atoms. The van der Waals surface area contributed by atoms with Gasteiger partial charge in [-0.05, 0) is 97.7 Å². The minimum atomic E-state index is 0.395. The molecule has 4 unspecified atom stereocenters. The van der Waals surface area contributed by atoms with Gasteiger partial charge < -0.3 is 0 Å². The predicted molar refractivity (Wildman–Crippen MR) is 127 cm³/mol. The molecular weight excluding hydrogens is 372 g/mol. The number of hydrogen-bond acceptors (Lipinski definition) is 0. The Balaban J connectivity index is 1.44. The van der Waals surface area contributed by atoms with Gasteiger partial charge in [-0.2, -0.15) is 0 Å². The first-order chi connectivity index (χ1) is 13.8. The molecule has 0 aromatic carbocycles. The minimum Gasteiger partial charge on any atom is -0.123 e. The summed E-state index contributed by atoms with van der Waals surface area (Å²) in [5.74, 6) is 5.63. The van der Waals surface area contributed by atoms with Crippen LogP contribution in [0.5, 0.6) is 0 Å². The summed E-state index contributed by atoms with van der Waals surface area (Å²) < 4.78 is 0. The van der Waals surface area contributed by atoms with E-state index in [2.05, 4.69) is 40.7 Å². The lowest BCUT2D eigenvalue weighted by molar-refractivity contribution is -0.0498. The molecule has 0 nitrogen and oxygen atoms in total. The molecule has 3 fully saturated rings. The van der Waals surface area contributed by atoms with E-state index in [-0.39, 0.29) is 0 Å². The lowest BCUT2D eigenvalue weighted by atomic mass is 9.47. The standard InChI is InChI=1S/C28H47Cl/c1-19(2)8-6-7-9-20(3)24-12-13-25-23-11-10-21-18-22(29)14-16-27(21,4)26(23)15-17-28(24,25)5/h10,19-20,22-26H,6-9,11-18H2,1-5H3/t20?,22-,23-,24?,25?,26?,27-,28+/m0/s1. The van der Waals surface area contributed by atoms with Crippen LogP contribution in [0, 0.1) is 46.3 Å². The molecule has 0 amide bonds.